The maximum Gasteiger partial charge on any atom is 0.298 e. The number of aromatic amines is 1. The lowest BCUT2D eigenvalue weighted by atomic mass is 10.1. The third-order valence-corrected chi connectivity index (χ3v) is 4.15. The van der Waals surface area contributed by atoms with Crippen LogP contribution in [0.1, 0.15) is 25.0 Å². The Hall–Kier alpha value is -3.19. The summed E-state index contributed by atoms with van der Waals surface area (Å²) in [6.07, 6.45) is 7.86. The SMILES string of the molecule is Cl.N#Cc1cn(-c2c[nH]n(-c3cc(N4CCCCC4)ncn3)c2=O)nn1. The van der Waals surface area contributed by atoms with Gasteiger partial charge in [0.1, 0.15) is 18.2 Å². The van der Waals surface area contributed by atoms with Gasteiger partial charge in [-0.1, -0.05) is 5.21 Å². The lowest BCUT2D eigenvalue weighted by Crippen LogP contribution is -2.30. The van der Waals surface area contributed by atoms with Crippen LogP contribution in [0.5, 0.6) is 0 Å². The minimum Gasteiger partial charge on any atom is -0.356 e. The fourth-order valence-corrected chi connectivity index (χ4v) is 2.88. The van der Waals surface area contributed by atoms with Crippen molar-refractivity contribution in [1.29, 1.82) is 5.26 Å². The van der Waals surface area contributed by atoms with E-state index in [0.29, 0.717) is 5.82 Å². The normalized spacial score (nSPS) is 13.9. The van der Waals surface area contributed by atoms with Crippen molar-refractivity contribution in [2.24, 2.45) is 0 Å². The lowest BCUT2D eigenvalue weighted by molar-refractivity contribution is 0.572. The third-order valence-electron chi connectivity index (χ3n) is 4.15. The zero-order valence-electron chi connectivity index (χ0n) is 13.7. The molecule has 3 aromatic rings. The van der Waals surface area contributed by atoms with Crippen LogP contribution in [0.2, 0.25) is 0 Å². The Bertz CT molecular complexity index is 993. The van der Waals surface area contributed by atoms with Gasteiger partial charge in [0, 0.05) is 19.2 Å². The first-order valence-electron chi connectivity index (χ1n) is 7.97. The molecule has 11 heteroatoms. The van der Waals surface area contributed by atoms with Crippen molar-refractivity contribution in [3.05, 3.63) is 40.8 Å². The Morgan fingerprint density at radius 3 is 2.65 bits per heavy atom. The van der Waals surface area contributed by atoms with Crippen LogP contribution in [0.3, 0.4) is 0 Å². The summed E-state index contributed by atoms with van der Waals surface area (Å²) in [5.74, 6) is 1.26. The van der Waals surface area contributed by atoms with Crippen molar-refractivity contribution in [3.8, 4) is 17.6 Å². The summed E-state index contributed by atoms with van der Waals surface area (Å²) in [5, 5.41) is 19.1. The molecule has 134 valence electrons. The molecule has 0 bridgehead atoms. The highest BCUT2D eigenvalue weighted by molar-refractivity contribution is 5.85. The predicted molar refractivity (Wildman–Crippen MR) is 94.9 cm³/mol. The van der Waals surface area contributed by atoms with Gasteiger partial charge in [0.2, 0.25) is 0 Å². The van der Waals surface area contributed by atoms with Crippen LogP contribution >= 0.6 is 12.4 Å². The van der Waals surface area contributed by atoms with Gasteiger partial charge in [0.25, 0.3) is 5.56 Å². The van der Waals surface area contributed by atoms with Crippen molar-refractivity contribution in [2.75, 3.05) is 18.0 Å². The van der Waals surface area contributed by atoms with Gasteiger partial charge >= 0.3 is 0 Å². The van der Waals surface area contributed by atoms with E-state index < -0.39 is 0 Å². The summed E-state index contributed by atoms with van der Waals surface area (Å²) < 4.78 is 2.58. The molecule has 0 amide bonds. The average Bonchev–Trinajstić information content (AvgIpc) is 3.29. The molecular weight excluding hydrogens is 358 g/mol. The molecule has 1 saturated heterocycles. The van der Waals surface area contributed by atoms with E-state index in [9.17, 15) is 4.79 Å². The van der Waals surface area contributed by atoms with Crippen molar-refractivity contribution < 1.29 is 0 Å². The largest absolute Gasteiger partial charge is 0.356 e. The second-order valence-corrected chi connectivity index (χ2v) is 5.74. The van der Waals surface area contributed by atoms with Gasteiger partial charge in [0.15, 0.2) is 17.2 Å². The first-order chi connectivity index (χ1) is 12.3. The molecule has 26 heavy (non-hydrogen) atoms. The fourth-order valence-electron chi connectivity index (χ4n) is 2.88. The second kappa shape index (κ2) is 7.37. The number of halogens is 1. The molecule has 0 saturated carbocycles. The number of nitrogens with one attached hydrogen (secondary N) is 1. The maximum absolute atomic E-state index is 12.6. The van der Waals surface area contributed by atoms with Gasteiger partial charge in [-0.05, 0) is 19.3 Å². The number of nitrogens with zero attached hydrogens (tertiary/aromatic N) is 8. The van der Waals surface area contributed by atoms with Gasteiger partial charge < -0.3 is 4.90 Å². The summed E-state index contributed by atoms with van der Waals surface area (Å²) >= 11 is 0. The van der Waals surface area contributed by atoms with Crippen molar-refractivity contribution >= 4 is 18.2 Å². The number of nitriles is 1. The van der Waals surface area contributed by atoms with Crippen LogP contribution in [0.15, 0.2) is 29.6 Å². The van der Waals surface area contributed by atoms with Crippen LogP contribution in [-0.2, 0) is 0 Å². The zero-order valence-corrected chi connectivity index (χ0v) is 14.6. The minimum absolute atomic E-state index is 0. The molecule has 0 spiro atoms. The van der Waals surface area contributed by atoms with Gasteiger partial charge in [-0.25, -0.2) is 14.6 Å². The average molecular weight is 374 g/mol. The zero-order chi connectivity index (χ0) is 17.2. The van der Waals surface area contributed by atoms with E-state index in [1.54, 1.807) is 6.07 Å². The third kappa shape index (κ3) is 3.16. The molecule has 3 aromatic heterocycles. The van der Waals surface area contributed by atoms with Crippen LogP contribution < -0.4 is 10.5 Å². The van der Waals surface area contributed by atoms with E-state index >= 15 is 0 Å². The van der Waals surface area contributed by atoms with E-state index in [1.807, 2.05) is 6.07 Å². The molecule has 1 aliphatic rings. The molecule has 4 heterocycles. The molecule has 1 fully saturated rings. The smallest absolute Gasteiger partial charge is 0.298 e. The van der Waals surface area contributed by atoms with E-state index in [0.717, 1.165) is 31.7 Å². The van der Waals surface area contributed by atoms with Crippen LogP contribution in [0.25, 0.3) is 11.5 Å². The Morgan fingerprint density at radius 2 is 1.92 bits per heavy atom. The van der Waals surface area contributed by atoms with E-state index in [1.165, 1.54) is 34.5 Å². The molecule has 1 aliphatic heterocycles. The molecular formula is C15H16ClN9O. The van der Waals surface area contributed by atoms with Crippen LogP contribution in [0, 0.1) is 11.3 Å². The van der Waals surface area contributed by atoms with Gasteiger partial charge in [-0.2, -0.15) is 9.94 Å². The molecule has 4 rings (SSSR count). The molecule has 1 N–H and O–H groups in total. The minimum atomic E-state index is -0.335. The van der Waals surface area contributed by atoms with E-state index in [2.05, 4.69) is 30.3 Å². The molecule has 10 nitrogen and oxygen atoms in total. The number of hydrogen-bond acceptors (Lipinski definition) is 7. The lowest BCUT2D eigenvalue weighted by Gasteiger charge is -2.27. The first kappa shape index (κ1) is 17.6. The number of anilines is 1. The molecule has 0 atom stereocenters. The molecule has 0 radical (unpaired) electrons. The molecule has 0 aromatic carbocycles. The first-order valence-corrected chi connectivity index (χ1v) is 7.97. The second-order valence-electron chi connectivity index (χ2n) is 5.74. The van der Waals surface area contributed by atoms with E-state index in [4.69, 9.17) is 5.26 Å². The summed E-state index contributed by atoms with van der Waals surface area (Å²) in [7, 11) is 0. The summed E-state index contributed by atoms with van der Waals surface area (Å²) in [5.41, 5.74) is 0.0615. The Balaban J connectivity index is 0.00000196. The Morgan fingerprint density at radius 1 is 1.15 bits per heavy atom. The van der Waals surface area contributed by atoms with Crippen LogP contribution in [0.4, 0.5) is 5.82 Å². The van der Waals surface area contributed by atoms with Gasteiger partial charge in [0.05, 0.1) is 12.4 Å². The summed E-state index contributed by atoms with van der Waals surface area (Å²) in [6.45, 7) is 1.91. The van der Waals surface area contributed by atoms with Crippen LogP contribution in [-0.4, -0.2) is 47.8 Å². The van der Waals surface area contributed by atoms with Gasteiger partial charge in [-0.15, -0.1) is 17.5 Å². The number of rotatable bonds is 3. The number of H-pyrrole nitrogens is 1. The predicted octanol–water partition coefficient (Wildman–Crippen LogP) is 0.820. The Labute approximate surface area is 154 Å². The summed E-state index contributed by atoms with van der Waals surface area (Å²) in [6, 6.07) is 3.67. The highest BCUT2D eigenvalue weighted by atomic mass is 35.5. The topological polar surface area (TPSA) is 121 Å². The molecule has 0 unspecified atom stereocenters. The van der Waals surface area contributed by atoms with Crippen molar-refractivity contribution in [1.82, 2.24) is 34.7 Å². The maximum atomic E-state index is 12.6. The van der Waals surface area contributed by atoms with E-state index in [-0.39, 0.29) is 29.3 Å². The monoisotopic (exact) mass is 373 g/mol. The molecule has 0 aliphatic carbocycles. The standard InChI is InChI=1S/C15H15N9O.ClH/c16-7-11-9-23(21-20-11)12-8-19-24(15(12)25)14-6-13(17-10-18-14)22-4-2-1-3-5-22;/h6,8-10,19H,1-5H2;1H. The highest BCUT2D eigenvalue weighted by Gasteiger charge is 2.16. The van der Waals surface area contributed by atoms with Crippen molar-refractivity contribution in [3.63, 3.8) is 0 Å². The number of aromatic nitrogens is 7. The quantitative estimate of drug-likeness (QED) is 0.721. The fraction of sp³-hybridized carbons (Fsp3) is 0.333. The highest BCUT2D eigenvalue weighted by Crippen LogP contribution is 2.18. The summed E-state index contributed by atoms with van der Waals surface area (Å²) in [4.78, 5) is 23.3. The number of piperidine rings is 1. The van der Waals surface area contributed by atoms with Gasteiger partial charge in [-0.3, -0.25) is 9.89 Å². The Kier molecular flexibility index (Phi) is 4.99. The van der Waals surface area contributed by atoms with Crippen molar-refractivity contribution in [2.45, 2.75) is 19.3 Å². The number of hydrogen-bond donors (Lipinski definition) is 1.